The lowest BCUT2D eigenvalue weighted by Gasteiger charge is -2.34. The summed E-state index contributed by atoms with van der Waals surface area (Å²) in [6, 6.07) is 17.7. The van der Waals surface area contributed by atoms with Crippen molar-refractivity contribution in [2.45, 2.75) is 39.2 Å². The summed E-state index contributed by atoms with van der Waals surface area (Å²) in [6.45, 7) is 4.19. The van der Waals surface area contributed by atoms with Crippen LogP contribution in [0.2, 0.25) is 0 Å². The van der Waals surface area contributed by atoms with Crippen LogP contribution in [0.3, 0.4) is 0 Å². The molecule has 1 aliphatic heterocycles. The van der Waals surface area contributed by atoms with Gasteiger partial charge in [-0.05, 0) is 67.5 Å². The van der Waals surface area contributed by atoms with Gasteiger partial charge in [0.25, 0.3) is 0 Å². The average molecular weight is 458 g/mol. The van der Waals surface area contributed by atoms with Crippen molar-refractivity contribution in [1.29, 1.82) is 0 Å². The first kappa shape index (κ1) is 21.5. The lowest BCUT2D eigenvalue weighted by atomic mass is 9.88. The van der Waals surface area contributed by atoms with Crippen LogP contribution in [-0.2, 0) is 9.59 Å². The molecular formula is C27H27N3O2S. The molecule has 2 N–H and O–H groups in total. The fourth-order valence-electron chi connectivity index (χ4n) is 4.75. The van der Waals surface area contributed by atoms with E-state index in [1.54, 1.807) is 11.3 Å². The molecule has 0 saturated heterocycles. The molecule has 0 radical (unpaired) electrons. The molecule has 0 saturated carbocycles. The minimum atomic E-state index is -0.298. The van der Waals surface area contributed by atoms with Crippen molar-refractivity contribution in [3.8, 4) is 0 Å². The number of nitrogens with one attached hydrogen (secondary N) is 2. The van der Waals surface area contributed by atoms with Gasteiger partial charge < -0.3 is 15.5 Å². The van der Waals surface area contributed by atoms with Crippen LogP contribution in [0.25, 0.3) is 0 Å². The molecule has 6 heteroatoms. The number of fused-ring (bicyclic) bond motifs is 1. The van der Waals surface area contributed by atoms with Gasteiger partial charge in [0.1, 0.15) is 0 Å². The summed E-state index contributed by atoms with van der Waals surface area (Å²) in [6.07, 6.45) is 2.22. The molecule has 2 heterocycles. The summed E-state index contributed by atoms with van der Waals surface area (Å²) in [7, 11) is 0. The van der Waals surface area contributed by atoms with Crippen LogP contribution in [0.1, 0.15) is 41.3 Å². The van der Waals surface area contributed by atoms with Crippen LogP contribution in [0.4, 0.5) is 17.1 Å². The highest BCUT2D eigenvalue weighted by Crippen LogP contribution is 2.45. The van der Waals surface area contributed by atoms with E-state index in [2.05, 4.69) is 21.6 Å². The molecule has 3 aromatic rings. The van der Waals surface area contributed by atoms with Gasteiger partial charge in [0.15, 0.2) is 5.78 Å². The number of hydrogen-bond donors (Lipinski definition) is 2. The summed E-state index contributed by atoms with van der Waals surface area (Å²) in [4.78, 5) is 29.7. The Morgan fingerprint density at radius 2 is 1.94 bits per heavy atom. The smallest absolute Gasteiger partial charge is 0.243 e. The van der Waals surface area contributed by atoms with Gasteiger partial charge in [-0.1, -0.05) is 30.3 Å². The van der Waals surface area contributed by atoms with E-state index in [4.69, 9.17) is 0 Å². The highest BCUT2D eigenvalue weighted by molar-refractivity contribution is 7.10. The highest BCUT2D eigenvalue weighted by Gasteiger charge is 2.37. The van der Waals surface area contributed by atoms with Gasteiger partial charge in [0.05, 0.1) is 24.0 Å². The Bertz CT molecular complexity index is 1250. The summed E-state index contributed by atoms with van der Waals surface area (Å²) in [5.74, 6) is 0.0576. The second kappa shape index (κ2) is 8.87. The number of ketones is 1. The first-order chi connectivity index (χ1) is 16.0. The predicted octanol–water partition coefficient (Wildman–Crippen LogP) is 5.98. The maximum Gasteiger partial charge on any atom is 0.243 e. The van der Waals surface area contributed by atoms with Gasteiger partial charge >= 0.3 is 0 Å². The Hall–Kier alpha value is -3.38. The molecule has 0 spiro atoms. The highest BCUT2D eigenvalue weighted by atomic mass is 32.1. The number of nitrogens with zero attached hydrogens (tertiary/aromatic N) is 1. The van der Waals surface area contributed by atoms with Crippen molar-refractivity contribution in [1.82, 2.24) is 0 Å². The molecule has 0 fully saturated rings. The number of rotatable bonds is 4. The molecule has 1 unspecified atom stereocenters. The molecule has 1 amide bonds. The van der Waals surface area contributed by atoms with Crippen LogP contribution < -0.4 is 15.5 Å². The Balaban J connectivity index is 1.58. The monoisotopic (exact) mass is 457 g/mol. The standard InChI is InChI=1S/C27H27N3O2S/c1-17-8-5-10-19(18(17)2)29-25(32)16-30-22-12-4-3-9-20(22)28-21-11-6-13-23(31)26(21)27(30)24-14-7-15-33-24/h3-5,7-10,12,14-15,27-28H,6,11,13,16H2,1-2H3,(H,29,32). The largest absolute Gasteiger partial charge is 0.357 e. The number of para-hydroxylation sites is 2. The molecular weight excluding hydrogens is 430 g/mol. The number of anilines is 3. The van der Waals surface area contributed by atoms with Gasteiger partial charge in [-0.15, -0.1) is 11.3 Å². The number of amides is 1. The second-order valence-corrected chi connectivity index (χ2v) is 9.63. The number of benzene rings is 2. The Morgan fingerprint density at radius 1 is 1.09 bits per heavy atom. The summed E-state index contributed by atoms with van der Waals surface area (Å²) in [5, 5.41) is 8.67. The van der Waals surface area contributed by atoms with Crippen LogP contribution >= 0.6 is 11.3 Å². The first-order valence-electron chi connectivity index (χ1n) is 11.3. The van der Waals surface area contributed by atoms with Crippen molar-refractivity contribution >= 4 is 40.1 Å². The van der Waals surface area contributed by atoms with Crippen LogP contribution in [-0.4, -0.2) is 18.2 Å². The number of aryl methyl sites for hydroxylation is 1. The average Bonchev–Trinajstić information content (AvgIpc) is 3.29. The van der Waals surface area contributed by atoms with Gasteiger partial charge in [-0.3, -0.25) is 9.59 Å². The molecule has 33 heavy (non-hydrogen) atoms. The lowest BCUT2D eigenvalue weighted by Crippen LogP contribution is -2.38. The van der Waals surface area contributed by atoms with Crippen molar-refractivity contribution < 1.29 is 9.59 Å². The third-order valence-corrected chi connectivity index (χ3v) is 7.47. The predicted molar refractivity (Wildman–Crippen MR) is 135 cm³/mol. The zero-order valence-electron chi connectivity index (χ0n) is 18.9. The van der Waals surface area contributed by atoms with Gasteiger partial charge in [0, 0.05) is 28.3 Å². The second-order valence-electron chi connectivity index (χ2n) is 8.65. The van der Waals surface area contributed by atoms with E-state index in [0.717, 1.165) is 57.2 Å². The topological polar surface area (TPSA) is 61.4 Å². The van der Waals surface area contributed by atoms with Crippen molar-refractivity contribution in [3.05, 3.63) is 87.3 Å². The Labute approximate surface area is 198 Å². The quantitative estimate of drug-likeness (QED) is 0.506. The maximum atomic E-state index is 13.4. The van der Waals surface area contributed by atoms with Crippen molar-refractivity contribution in [2.24, 2.45) is 0 Å². The molecule has 0 bridgehead atoms. The molecule has 168 valence electrons. The fraction of sp³-hybridized carbons (Fsp3) is 0.259. The number of carbonyl (C=O) groups is 2. The van der Waals surface area contributed by atoms with E-state index in [-0.39, 0.29) is 24.3 Å². The van der Waals surface area contributed by atoms with E-state index in [1.165, 1.54) is 0 Å². The zero-order valence-corrected chi connectivity index (χ0v) is 19.7. The zero-order chi connectivity index (χ0) is 22.9. The fourth-order valence-corrected chi connectivity index (χ4v) is 5.59. The Morgan fingerprint density at radius 3 is 2.76 bits per heavy atom. The van der Waals surface area contributed by atoms with Crippen molar-refractivity contribution in [2.75, 3.05) is 22.1 Å². The SMILES string of the molecule is Cc1cccc(NC(=O)CN2c3ccccc3NC3=C(C(=O)CCC3)C2c2cccs2)c1C. The Kier molecular flexibility index (Phi) is 5.77. The van der Waals surface area contributed by atoms with E-state index >= 15 is 0 Å². The number of thiophene rings is 1. The molecule has 1 aliphatic carbocycles. The van der Waals surface area contributed by atoms with E-state index < -0.39 is 0 Å². The number of allylic oxidation sites excluding steroid dienone is 1. The van der Waals surface area contributed by atoms with Crippen LogP contribution in [0.15, 0.2) is 71.2 Å². The van der Waals surface area contributed by atoms with Crippen LogP contribution in [0.5, 0.6) is 0 Å². The van der Waals surface area contributed by atoms with Crippen molar-refractivity contribution in [3.63, 3.8) is 0 Å². The van der Waals surface area contributed by atoms with Gasteiger partial charge in [-0.25, -0.2) is 0 Å². The maximum absolute atomic E-state index is 13.4. The number of carbonyl (C=O) groups excluding carboxylic acids is 2. The van der Waals surface area contributed by atoms with E-state index in [1.807, 2.05) is 67.8 Å². The number of Topliss-reactive ketones (excluding diaryl/α,β-unsaturated/α-hetero) is 1. The minimum Gasteiger partial charge on any atom is -0.357 e. The van der Waals surface area contributed by atoms with Gasteiger partial charge in [-0.2, -0.15) is 0 Å². The third kappa shape index (κ3) is 4.07. The lowest BCUT2D eigenvalue weighted by molar-refractivity contribution is -0.117. The van der Waals surface area contributed by atoms with E-state index in [0.29, 0.717) is 6.42 Å². The molecule has 1 atom stereocenters. The summed E-state index contributed by atoms with van der Waals surface area (Å²) in [5.41, 5.74) is 6.64. The van der Waals surface area contributed by atoms with Gasteiger partial charge in [0.2, 0.25) is 5.91 Å². The normalized spacial score (nSPS) is 17.7. The molecule has 1 aromatic heterocycles. The summed E-state index contributed by atoms with van der Waals surface area (Å²) >= 11 is 1.62. The molecule has 2 aliphatic rings. The number of hydrogen-bond acceptors (Lipinski definition) is 5. The van der Waals surface area contributed by atoms with E-state index in [9.17, 15) is 9.59 Å². The first-order valence-corrected chi connectivity index (χ1v) is 12.2. The summed E-state index contributed by atoms with van der Waals surface area (Å²) < 4.78 is 0. The molecule has 2 aromatic carbocycles. The third-order valence-electron chi connectivity index (χ3n) is 6.55. The molecule has 5 nitrogen and oxygen atoms in total. The molecule has 5 rings (SSSR count). The minimum absolute atomic E-state index is 0.104. The van der Waals surface area contributed by atoms with Crippen LogP contribution in [0, 0.1) is 13.8 Å².